The number of rotatable bonds is 0. The summed E-state index contributed by atoms with van der Waals surface area (Å²) in [6.07, 6.45) is 0. The van der Waals surface area contributed by atoms with E-state index < -0.39 is 7.82 Å². The summed E-state index contributed by atoms with van der Waals surface area (Å²) in [5.41, 5.74) is 0. The van der Waals surface area contributed by atoms with Crippen molar-refractivity contribution in [3.63, 3.8) is 0 Å². The molecule has 8 heavy (non-hydrogen) atoms. The van der Waals surface area contributed by atoms with Crippen LogP contribution in [0.2, 0.25) is 0 Å². The van der Waals surface area contributed by atoms with Gasteiger partial charge in [-0.05, 0) is 0 Å². The van der Waals surface area contributed by atoms with E-state index >= 15 is 0 Å². The smallest absolute Gasteiger partial charge is 1.00 e. The topological polar surface area (TPSA) is 112 Å². The van der Waals surface area contributed by atoms with Gasteiger partial charge in [0.2, 0.25) is 0 Å². The van der Waals surface area contributed by atoms with E-state index in [4.69, 9.17) is 19.2 Å². The second-order valence-electron chi connectivity index (χ2n) is 0.491. The fourth-order valence-corrected chi connectivity index (χ4v) is 0. The van der Waals surface area contributed by atoms with Crippen LogP contribution in [0.25, 0.3) is 0 Å². The molecule has 0 aliphatic rings. The van der Waals surface area contributed by atoms with Gasteiger partial charge in [-0.15, -0.1) is 0 Å². The molecule has 0 atom stereocenters. The Morgan fingerprint density at radius 2 is 1.38 bits per heavy atom. The number of halogens is 1. The van der Waals surface area contributed by atoms with Gasteiger partial charge in [-0.3, -0.25) is 4.57 Å². The Morgan fingerprint density at radius 3 is 1.38 bits per heavy atom. The maximum Gasteiger partial charge on any atom is 2.00 e. The summed E-state index contributed by atoms with van der Waals surface area (Å²) in [4.78, 5) is 22.9. The predicted molar refractivity (Wildman–Crippen MR) is 21.4 cm³/mol. The summed E-state index contributed by atoms with van der Waals surface area (Å²) in [5.74, 6) is 0. The number of hydrogen-bond acceptors (Lipinski definition) is 2. The molecular weight excluding hydrogens is 186 g/mol. The first kappa shape index (κ1) is 22.6. The van der Waals surface area contributed by atoms with E-state index in [1.165, 1.54) is 0 Å². The molecule has 0 saturated heterocycles. The predicted octanol–water partition coefficient (Wildman–Crippen LogP) is -5.76. The minimum atomic E-state index is -4.89. The Balaban J connectivity index is -0.0000000267. The van der Waals surface area contributed by atoms with E-state index in [2.05, 4.69) is 0 Å². The van der Waals surface area contributed by atoms with Gasteiger partial charge in [-0.2, -0.15) is 0 Å². The molecule has 0 aromatic carbocycles. The maximum absolute atomic E-state index is 8.77. The summed E-state index contributed by atoms with van der Waals surface area (Å²) in [7, 11) is -4.89. The van der Waals surface area contributed by atoms with E-state index in [-0.39, 0.29) is 55.6 Å². The van der Waals surface area contributed by atoms with Crippen molar-refractivity contribution in [1.29, 1.82) is 0 Å². The summed E-state index contributed by atoms with van der Waals surface area (Å²) >= 11 is 0. The zero-order chi connectivity index (χ0) is 4.50. The number of phosphoric acid groups is 1. The van der Waals surface area contributed by atoms with E-state index in [1.807, 2.05) is 0 Å². The average Bonchev–Trinajstić information content (AvgIpc) is 0.722. The van der Waals surface area contributed by atoms with Gasteiger partial charge in [0.1, 0.15) is 0 Å². The summed E-state index contributed by atoms with van der Waals surface area (Å²) in [5, 5.41) is 0. The second kappa shape index (κ2) is 8.62. The van der Waals surface area contributed by atoms with Gasteiger partial charge in [0.25, 0.3) is 7.82 Å². The monoisotopic (exact) mass is 190 g/mol. The summed E-state index contributed by atoms with van der Waals surface area (Å²) in [6.45, 7) is 0. The maximum atomic E-state index is 8.77. The van der Waals surface area contributed by atoms with Crippen LogP contribution in [-0.2, 0) is 4.57 Å². The zero-order valence-electron chi connectivity index (χ0n) is 3.74. The molecule has 0 radical (unpaired) electrons. The van der Waals surface area contributed by atoms with Crippen LogP contribution < -0.4 is 17.3 Å². The normalized spacial score (nSPS) is 7.38. The molecule has 0 spiro atoms. The van der Waals surface area contributed by atoms with Crippen LogP contribution in [0.3, 0.4) is 0 Å². The molecular formula is H4CaClO5P. The van der Waals surface area contributed by atoms with Crippen molar-refractivity contribution < 1.29 is 37.1 Å². The molecule has 5 nitrogen and oxygen atoms in total. The van der Waals surface area contributed by atoms with Gasteiger partial charge in [-0.1, -0.05) is 0 Å². The largest absolute Gasteiger partial charge is 2.00 e. The summed E-state index contributed by atoms with van der Waals surface area (Å²) < 4.78 is 8.77. The first-order valence-corrected chi connectivity index (χ1v) is 2.30. The Labute approximate surface area is 82.1 Å². The molecule has 48 valence electrons. The van der Waals surface area contributed by atoms with Crippen LogP contribution in [0, 0.1) is 0 Å². The molecule has 0 aliphatic heterocycles. The fraction of sp³-hybridized carbons (Fsp3) is 0. The van der Waals surface area contributed by atoms with Crippen LogP contribution >= 0.6 is 7.82 Å². The molecule has 0 fully saturated rings. The molecule has 0 saturated carbocycles. The Morgan fingerprint density at radius 1 is 1.38 bits per heavy atom. The molecule has 0 aromatic rings. The Hall–Kier alpha value is 1.62. The van der Waals surface area contributed by atoms with E-state index in [0.717, 1.165) is 0 Å². The third-order valence-electron chi connectivity index (χ3n) is 0. The van der Waals surface area contributed by atoms with Crippen molar-refractivity contribution >= 4 is 45.6 Å². The molecule has 0 rings (SSSR count). The fourth-order valence-electron chi connectivity index (χ4n) is 0. The van der Waals surface area contributed by atoms with Gasteiger partial charge in [0.15, 0.2) is 0 Å². The van der Waals surface area contributed by atoms with Crippen molar-refractivity contribution in [3.05, 3.63) is 0 Å². The Bertz CT molecular complexity index is 58.6. The molecule has 0 amide bonds. The Kier molecular flexibility index (Phi) is 24.4. The van der Waals surface area contributed by atoms with Crippen LogP contribution in [0.5, 0.6) is 0 Å². The minimum absolute atomic E-state index is 0. The van der Waals surface area contributed by atoms with Crippen LogP contribution in [-0.4, -0.2) is 53.0 Å². The standard InChI is InChI=1S/Ca.ClH.H3O4P.H2O/c;;1-5(2,3)4;/h;1H;(H3,1,2,3,4);1H2/q+2;;;/p-2. The van der Waals surface area contributed by atoms with Crippen molar-refractivity contribution in [3.8, 4) is 0 Å². The van der Waals surface area contributed by atoms with Crippen molar-refractivity contribution in [2.24, 2.45) is 0 Å². The van der Waals surface area contributed by atoms with Gasteiger partial charge in [0, 0.05) is 0 Å². The quantitative estimate of drug-likeness (QED) is 0.293. The first-order chi connectivity index (χ1) is 2.00. The van der Waals surface area contributed by atoms with E-state index in [0.29, 0.717) is 0 Å². The SMILES string of the molecule is O.O=P([O-])(O)O.[Ca+2].[Cl-]. The average molecular weight is 191 g/mol. The van der Waals surface area contributed by atoms with Crippen molar-refractivity contribution in [1.82, 2.24) is 0 Å². The number of hydrogen-bond donors (Lipinski definition) is 2. The zero-order valence-corrected chi connectivity index (χ0v) is 7.60. The van der Waals surface area contributed by atoms with E-state index in [1.54, 1.807) is 0 Å². The third-order valence-corrected chi connectivity index (χ3v) is 0. The van der Waals surface area contributed by atoms with Crippen molar-refractivity contribution in [2.45, 2.75) is 0 Å². The van der Waals surface area contributed by atoms with Crippen LogP contribution in [0.15, 0.2) is 0 Å². The molecule has 0 aliphatic carbocycles. The summed E-state index contributed by atoms with van der Waals surface area (Å²) in [6, 6.07) is 0. The minimum Gasteiger partial charge on any atom is -1.00 e. The van der Waals surface area contributed by atoms with Gasteiger partial charge in [-0.25, -0.2) is 0 Å². The van der Waals surface area contributed by atoms with Gasteiger partial charge in [0.05, 0.1) is 0 Å². The molecule has 0 bridgehead atoms. The van der Waals surface area contributed by atoms with Gasteiger partial charge < -0.3 is 32.6 Å². The molecule has 0 heterocycles. The van der Waals surface area contributed by atoms with E-state index in [9.17, 15) is 0 Å². The third kappa shape index (κ3) is 127. The van der Waals surface area contributed by atoms with Crippen LogP contribution in [0.4, 0.5) is 0 Å². The first-order valence-electron chi connectivity index (χ1n) is 0.765. The van der Waals surface area contributed by atoms with Crippen LogP contribution in [0.1, 0.15) is 0 Å². The van der Waals surface area contributed by atoms with Crippen molar-refractivity contribution in [2.75, 3.05) is 0 Å². The molecule has 0 aromatic heterocycles. The molecule has 0 unspecified atom stereocenters. The molecule has 8 heteroatoms. The second-order valence-corrected chi connectivity index (χ2v) is 1.47. The van der Waals surface area contributed by atoms with Gasteiger partial charge >= 0.3 is 37.7 Å². The molecule has 4 N–H and O–H groups in total.